The predicted octanol–water partition coefficient (Wildman–Crippen LogP) is 2.34. The fraction of sp³-hybridized carbons (Fsp3) is 0.636. The second-order valence-electron chi connectivity index (χ2n) is 4.17. The molecule has 5 heteroatoms. The quantitative estimate of drug-likeness (QED) is 0.749. The molecular weight excluding hydrogens is 220 g/mol. The third-order valence-electron chi connectivity index (χ3n) is 2.24. The van der Waals surface area contributed by atoms with Crippen molar-refractivity contribution in [3.63, 3.8) is 0 Å². The average Bonchev–Trinajstić information content (AvgIpc) is 2.61. The third-order valence-corrected chi connectivity index (χ3v) is 2.99. The minimum absolute atomic E-state index is 0.487. The maximum Gasteiger partial charge on any atom is 0.203 e. The SMILES string of the molecule is CC(C)=CCCC(C)NCc1nnc(N)s1. The maximum absolute atomic E-state index is 5.51. The Morgan fingerprint density at radius 3 is 2.81 bits per heavy atom. The number of nitrogens with two attached hydrogens (primary N) is 1. The zero-order valence-corrected chi connectivity index (χ0v) is 11.0. The highest BCUT2D eigenvalue weighted by molar-refractivity contribution is 7.15. The van der Waals surface area contributed by atoms with Crippen LogP contribution in [0.25, 0.3) is 0 Å². The van der Waals surface area contributed by atoms with Crippen LogP contribution in [0.3, 0.4) is 0 Å². The number of aromatic nitrogens is 2. The molecule has 0 radical (unpaired) electrons. The van der Waals surface area contributed by atoms with E-state index >= 15 is 0 Å². The molecule has 3 N–H and O–H groups in total. The predicted molar refractivity (Wildman–Crippen MR) is 69.3 cm³/mol. The highest BCUT2D eigenvalue weighted by atomic mass is 32.1. The Morgan fingerprint density at radius 2 is 2.25 bits per heavy atom. The van der Waals surface area contributed by atoms with Crippen molar-refractivity contribution >= 4 is 16.5 Å². The number of nitrogen functional groups attached to an aromatic ring is 1. The molecule has 0 aliphatic carbocycles. The Balaban J connectivity index is 2.20. The zero-order chi connectivity index (χ0) is 12.0. The number of anilines is 1. The minimum atomic E-state index is 0.487. The molecule has 4 nitrogen and oxygen atoms in total. The number of rotatable bonds is 6. The topological polar surface area (TPSA) is 63.8 Å². The molecule has 1 heterocycles. The van der Waals surface area contributed by atoms with Gasteiger partial charge < -0.3 is 11.1 Å². The highest BCUT2D eigenvalue weighted by Crippen LogP contribution is 2.11. The first kappa shape index (κ1) is 13.1. The van der Waals surface area contributed by atoms with Gasteiger partial charge in [-0.3, -0.25) is 0 Å². The smallest absolute Gasteiger partial charge is 0.203 e. The lowest BCUT2D eigenvalue weighted by Crippen LogP contribution is -2.25. The summed E-state index contributed by atoms with van der Waals surface area (Å²) in [5, 5.41) is 12.6. The molecule has 1 aromatic rings. The van der Waals surface area contributed by atoms with Crippen molar-refractivity contribution in [1.29, 1.82) is 0 Å². The Labute approximate surface area is 101 Å². The van der Waals surface area contributed by atoms with Gasteiger partial charge in [0.15, 0.2) is 0 Å². The molecule has 0 amide bonds. The highest BCUT2D eigenvalue weighted by Gasteiger charge is 2.04. The van der Waals surface area contributed by atoms with Gasteiger partial charge in [-0.1, -0.05) is 23.0 Å². The van der Waals surface area contributed by atoms with Gasteiger partial charge in [0, 0.05) is 6.04 Å². The normalized spacial score (nSPS) is 12.4. The lowest BCUT2D eigenvalue weighted by Gasteiger charge is -2.10. The number of nitrogens with zero attached hydrogens (tertiary/aromatic N) is 2. The summed E-state index contributed by atoms with van der Waals surface area (Å²) in [7, 11) is 0. The van der Waals surface area contributed by atoms with E-state index in [9.17, 15) is 0 Å². The van der Waals surface area contributed by atoms with E-state index in [0.717, 1.165) is 24.4 Å². The van der Waals surface area contributed by atoms with Crippen LogP contribution in [0, 0.1) is 0 Å². The van der Waals surface area contributed by atoms with Gasteiger partial charge in [-0.25, -0.2) is 0 Å². The molecule has 0 aliphatic heterocycles. The molecule has 0 saturated carbocycles. The van der Waals surface area contributed by atoms with E-state index in [4.69, 9.17) is 5.73 Å². The summed E-state index contributed by atoms with van der Waals surface area (Å²) in [5.41, 5.74) is 6.89. The van der Waals surface area contributed by atoms with E-state index in [1.165, 1.54) is 16.9 Å². The molecule has 0 aliphatic rings. The Hall–Kier alpha value is -0.940. The van der Waals surface area contributed by atoms with Crippen LogP contribution < -0.4 is 11.1 Å². The standard InChI is InChI=1S/C11H20N4S/c1-8(2)5-4-6-9(3)13-7-10-14-15-11(12)16-10/h5,9,13H,4,6-7H2,1-3H3,(H2,12,15). The van der Waals surface area contributed by atoms with E-state index in [2.05, 4.69) is 42.4 Å². The van der Waals surface area contributed by atoms with Gasteiger partial charge in [0.1, 0.15) is 5.01 Å². The minimum Gasteiger partial charge on any atom is -0.374 e. The lowest BCUT2D eigenvalue weighted by atomic mass is 10.1. The van der Waals surface area contributed by atoms with Crippen LogP contribution in [-0.4, -0.2) is 16.2 Å². The Morgan fingerprint density at radius 1 is 1.50 bits per heavy atom. The second kappa shape index (κ2) is 6.60. The van der Waals surface area contributed by atoms with Crippen LogP contribution >= 0.6 is 11.3 Å². The molecule has 1 unspecified atom stereocenters. The van der Waals surface area contributed by atoms with Gasteiger partial charge in [0.2, 0.25) is 5.13 Å². The molecule has 1 rings (SSSR count). The van der Waals surface area contributed by atoms with Gasteiger partial charge in [0.25, 0.3) is 0 Å². The van der Waals surface area contributed by atoms with Crippen LogP contribution in [0.1, 0.15) is 38.6 Å². The summed E-state index contributed by atoms with van der Waals surface area (Å²) in [5.74, 6) is 0. The first-order valence-electron chi connectivity index (χ1n) is 5.52. The number of hydrogen-bond donors (Lipinski definition) is 2. The lowest BCUT2D eigenvalue weighted by molar-refractivity contribution is 0.515. The van der Waals surface area contributed by atoms with Crippen molar-refractivity contribution in [2.45, 2.75) is 46.2 Å². The van der Waals surface area contributed by atoms with E-state index in [0.29, 0.717) is 11.2 Å². The molecule has 0 spiro atoms. The zero-order valence-electron chi connectivity index (χ0n) is 10.2. The molecule has 1 aromatic heterocycles. The Kier molecular flexibility index (Phi) is 5.42. The number of hydrogen-bond acceptors (Lipinski definition) is 5. The van der Waals surface area contributed by atoms with E-state index < -0.39 is 0 Å². The van der Waals surface area contributed by atoms with Crippen LogP contribution in [-0.2, 0) is 6.54 Å². The van der Waals surface area contributed by atoms with Crippen molar-refractivity contribution in [2.75, 3.05) is 5.73 Å². The first-order valence-corrected chi connectivity index (χ1v) is 6.34. The average molecular weight is 240 g/mol. The number of allylic oxidation sites excluding steroid dienone is 2. The molecule has 1 atom stereocenters. The fourth-order valence-corrected chi connectivity index (χ4v) is 1.88. The van der Waals surface area contributed by atoms with Gasteiger partial charge in [-0.2, -0.15) is 0 Å². The van der Waals surface area contributed by atoms with E-state index in [1.54, 1.807) is 0 Å². The third kappa shape index (κ3) is 5.23. The van der Waals surface area contributed by atoms with Gasteiger partial charge in [-0.05, 0) is 33.6 Å². The number of nitrogens with one attached hydrogen (secondary N) is 1. The summed E-state index contributed by atoms with van der Waals surface area (Å²) >= 11 is 1.44. The van der Waals surface area contributed by atoms with Crippen LogP contribution in [0.2, 0.25) is 0 Å². The van der Waals surface area contributed by atoms with Crippen molar-refractivity contribution in [2.24, 2.45) is 0 Å². The molecular formula is C11H20N4S. The summed E-state index contributed by atoms with van der Waals surface area (Å²) in [4.78, 5) is 0. The maximum atomic E-state index is 5.51. The van der Waals surface area contributed by atoms with E-state index in [1.807, 2.05) is 0 Å². The molecule has 0 fully saturated rings. The van der Waals surface area contributed by atoms with Crippen molar-refractivity contribution in [3.05, 3.63) is 16.7 Å². The van der Waals surface area contributed by atoms with Crippen LogP contribution in [0.4, 0.5) is 5.13 Å². The molecule has 0 aromatic carbocycles. The summed E-state index contributed by atoms with van der Waals surface area (Å²) in [6.45, 7) is 7.19. The fourth-order valence-electron chi connectivity index (χ4n) is 1.32. The van der Waals surface area contributed by atoms with Crippen molar-refractivity contribution < 1.29 is 0 Å². The van der Waals surface area contributed by atoms with Gasteiger partial charge in [0.05, 0.1) is 6.54 Å². The molecule has 0 saturated heterocycles. The molecule has 90 valence electrons. The van der Waals surface area contributed by atoms with Crippen LogP contribution in [0.5, 0.6) is 0 Å². The monoisotopic (exact) mass is 240 g/mol. The summed E-state index contributed by atoms with van der Waals surface area (Å²) < 4.78 is 0. The molecule has 0 bridgehead atoms. The van der Waals surface area contributed by atoms with E-state index in [-0.39, 0.29) is 0 Å². The summed E-state index contributed by atoms with van der Waals surface area (Å²) in [6, 6.07) is 0.487. The first-order chi connectivity index (χ1) is 7.58. The Bertz CT molecular complexity index is 342. The van der Waals surface area contributed by atoms with Gasteiger partial charge >= 0.3 is 0 Å². The van der Waals surface area contributed by atoms with Gasteiger partial charge in [-0.15, -0.1) is 10.2 Å². The van der Waals surface area contributed by atoms with Crippen molar-refractivity contribution in [1.82, 2.24) is 15.5 Å². The summed E-state index contributed by atoms with van der Waals surface area (Å²) in [6.07, 6.45) is 4.52. The van der Waals surface area contributed by atoms with Crippen LogP contribution in [0.15, 0.2) is 11.6 Å². The second-order valence-corrected chi connectivity index (χ2v) is 5.27. The molecule has 16 heavy (non-hydrogen) atoms. The largest absolute Gasteiger partial charge is 0.374 e. The van der Waals surface area contributed by atoms with Crippen molar-refractivity contribution in [3.8, 4) is 0 Å².